The maximum Gasteiger partial charge on any atom is 0.382 e. The van der Waals surface area contributed by atoms with Crippen molar-refractivity contribution >= 4 is 24.1 Å². The van der Waals surface area contributed by atoms with Crippen LogP contribution in [0.15, 0.2) is 72.8 Å². The van der Waals surface area contributed by atoms with Gasteiger partial charge in [-0.2, -0.15) is 0 Å². The van der Waals surface area contributed by atoms with Crippen LogP contribution < -0.4 is 10.6 Å². The fourth-order valence-electron chi connectivity index (χ4n) is 3.71. The van der Waals surface area contributed by atoms with Gasteiger partial charge in [-0.3, -0.25) is 4.52 Å². The summed E-state index contributed by atoms with van der Waals surface area (Å²) in [7, 11) is -2.30. The summed E-state index contributed by atoms with van der Waals surface area (Å²) >= 11 is 0. The minimum absolute atomic E-state index is 0.229. The highest BCUT2D eigenvalue weighted by Crippen LogP contribution is 2.57. The number of carbonyl (C=O) groups excluding carboxylic acids is 1. The van der Waals surface area contributed by atoms with E-state index in [1.165, 1.54) is 0 Å². The van der Waals surface area contributed by atoms with Crippen LogP contribution >= 0.6 is 7.49 Å². The Morgan fingerprint density at radius 1 is 0.815 bits per heavy atom. The van der Waals surface area contributed by atoms with Crippen molar-refractivity contribution in [1.29, 1.82) is 0 Å². The largest absolute Gasteiger partial charge is 0.382 e. The van der Waals surface area contributed by atoms with Gasteiger partial charge in [0.1, 0.15) is 16.8 Å². The quantitative estimate of drug-likeness (QED) is 0.559. The molecule has 0 fully saturated rings. The molecule has 0 radical (unpaired) electrons. The molecule has 0 saturated carbocycles. The van der Waals surface area contributed by atoms with E-state index in [1.807, 2.05) is 69.3 Å². The second kappa shape index (κ2) is 8.06. The minimum Gasteiger partial charge on any atom is -0.297 e. The van der Waals surface area contributed by atoms with Crippen LogP contribution in [0.4, 0.5) is 0 Å². The lowest BCUT2D eigenvalue weighted by atomic mass is 10.0. The molecule has 3 heteroatoms. The SMILES string of the molecule is CC[P+](OC(=O)c1c(C)cc(C)cc1C)(c1ccccc1)c1ccccc1. The van der Waals surface area contributed by atoms with Crippen molar-refractivity contribution in [2.75, 3.05) is 6.16 Å². The molecule has 138 valence electrons. The van der Waals surface area contributed by atoms with Crippen molar-refractivity contribution in [3.05, 3.63) is 95.1 Å². The van der Waals surface area contributed by atoms with Crippen molar-refractivity contribution in [3.63, 3.8) is 0 Å². The molecule has 3 aromatic carbocycles. The standard InChI is InChI=1S/C24H26O2P/c1-5-27(21-12-8-6-9-13-21,22-14-10-7-11-15-22)26-24(25)23-19(3)16-18(2)17-20(23)4/h6-17H,5H2,1-4H3/q+1. The highest BCUT2D eigenvalue weighted by atomic mass is 31.2. The van der Waals surface area contributed by atoms with E-state index in [9.17, 15) is 4.79 Å². The Morgan fingerprint density at radius 3 is 1.67 bits per heavy atom. The highest BCUT2D eigenvalue weighted by molar-refractivity contribution is 7.85. The summed E-state index contributed by atoms with van der Waals surface area (Å²) in [4.78, 5) is 13.3. The molecule has 0 amide bonds. The van der Waals surface area contributed by atoms with Gasteiger partial charge in [0.25, 0.3) is 7.49 Å². The Morgan fingerprint density at radius 2 is 1.26 bits per heavy atom. The molecule has 0 saturated heterocycles. The smallest absolute Gasteiger partial charge is 0.297 e. The average molecular weight is 377 g/mol. The Hall–Kier alpha value is -2.44. The lowest BCUT2D eigenvalue weighted by Gasteiger charge is -2.24. The fraction of sp³-hybridized carbons (Fsp3) is 0.208. The molecule has 0 atom stereocenters. The van der Waals surface area contributed by atoms with E-state index in [2.05, 4.69) is 31.2 Å². The third-order valence-corrected chi connectivity index (χ3v) is 8.54. The molecule has 2 nitrogen and oxygen atoms in total. The van der Waals surface area contributed by atoms with Crippen LogP contribution in [0.25, 0.3) is 0 Å². The zero-order valence-electron chi connectivity index (χ0n) is 16.4. The maximum atomic E-state index is 13.3. The van der Waals surface area contributed by atoms with Gasteiger partial charge in [0.2, 0.25) is 0 Å². The van der Waals surface area contributed by atoms with Gasteiger partial charge in [-0.15, -0.1) is 0 Å². The summed E-state index contributed by atoms with van der Waals surface area (Å²) in [5, 5.41) is 2.18. The van der Waals surface area contributed by atoms with E-state index in [4.69, 9.17) is 4.52 Å². The monoisotopic (exact) mass is 377 g/mol. The molecule has 0 unspecified atom stereocenters. The molecule has 0 heterocycles. The lowest BCUT2D eigenvalue weighted by Crippen LogP contribution is -2.28. The van der Waals surface area contributed by atoms with Crippen LogP contribution in [-0.4, -0.2) is 12.1 Å². The molecule has 0 aliphatic carbocycles. The molecule has 0 spiro atoms. The first-order valence-electron chi connectivity index (χ1n) is 9.29. The van der Waals surface area contributed by atoms with Gasteiger partial charge in [-0.05, 0) is 63.1 Å². The first-order chi connectivity index (χ1) is 13.0. The topological polar surface area (TPSA) is 26.3 Å². The summed E-state index contributed by atoms with van der Waals surface area (Å²) in [5.41, 5.74) is 3.77. The van der Waals surface area contributed by atoms with Crippen molar-refractivity contribution in [3.8, 4) is 0 Å². The van der Waals surface area contributed by atoms with E-state index in [-0.39, 0.29) is 5.97 Å². The van der Waals surface area contributed by atoms with Gasteiger partial charge < -0.3 is 0 Å². The second-order valence-corrected chi connectivity index (χ2v) is 10.2. The van der Waals surface area contributed by atoms with Gasteiger partial charge in [0.15, 0.2) is 0 Å². The molecule has 0 aromatic heterocycles. The van der Waals surface area contributed by atoms with E-state index in [0.29, 0.717) is 5.56 Å². The predicted octanol–water partition coefficient (Wildman–Crippen LogP) is 5.37. The van der Waals surface area contributed by atoms with Gasteiger partial charge in [-0.25, -0.2) is 4.79 Å². The Kier molecular flexibility index (Phi) is 5.77. The van der Waals surface area contributed by atoms with Crippen molar-refractivity contribution < 1.29 is 9.32 Å². The van der Waals surface area contributed by atoms with Gasteiger partial charge in [0, 0.05) is 0 Å². The number of benzene rings is 3. The van der Waals surface area contributed by atoms with Crippen LogP contribution in [0.3, 0.4) is 0 Å². The van der Waals surface area contributed by atoms with Crippen molar-refractivity contribution in [1.82, 2.24) is 0 Å². The van der Waals surface area contributed by atoms with Gasteiger partial charge in [-0.1, -0.05) is 54.1 Å². The van der Waals surface area contributed by atoms with Crippen LogP contribution in [0.5, 0.6) is 0 Å². The normalized spacial score (nSPS) is 11.3. The van der Waals surface area contributed by atoms with Crippen LogP contribution in [0, 0.1) is 20.8 Å². The van der Waals surface area contributed by atoms with Crippen molar-refractivity contribution in [2.45, 2.75) is 27.7 Å². The molecule has 3 aromatic rings. The lowest BCUT2D eigenvalue weighted by molar-refractivity contribution is 0.0751. The Balaban J connectivity index is 2.12. The average Bonchev–Trinajstić information content (AvgIpc) is 2.67. The van der Waals surface area contributed by atoms with Crippen molar-refractivity contribution in [2.24, 2.45) is 0 Å². The second-order valence-electron chi connectivity index (χ2n) is 6.88. The zero-order valence-corrected chi connectivity index (χ0v) is 17.3. The third-order valence-electron chi connectivity index (χ3n) is 4.91. The Bertz CT molecular complexity index is 871. The summed E-state index contributed by atoms with van der Waals surface area (Å²) in [6.07, 6.45) is 0.761. The van der Waals surface area contributed by atoms with Gasteiger partial charge >= 0.3 is 5.97 Å². The zero-order chi connectivity index (χ0) is 19.4. The first kappa shape index (κ1) is 19.3. The minimum atomic E-state index is -2.30. The molecule has 3 rings (SSSR count). The third kappa shape index (κ3) is 3.82. The molecule has 0 aliphatic heterocycles. The maximum absolute atomic E-state index is 13.3. The van der Waals surface area contributed by atoms with Crippen LogP contribution in [0.1, 0.15) is 34.0 Å². The first-order valence-corrected chi connectivity index (χ1v) is 11.2. The summed E-state index contributed by atoms with van der Waals surface area (Å²) < 4.78 is 6.42. The summed E-state index contributed by atoms with van der Waals surface area (Å²) in [5.74, 6) is -0.229. The molecule has 0 bridgehead atoms. The summed E-state index contributed by atoms with van der Waals surface area (Å²) in [6, 6.07) is 24.4. The van der Waals surface area contributed by atoms with E-state index >= 15 is 0 Å². The van der Waals surface area contributed by atoms with Gasteiger partial charge in [0.05, 0.1) is 5.56 Å². The fourth-order valence-corrected chi connectivity index (χ4v) is 6.76. The predicted molar refractivity (Wildman–Crippen MR) is 116 cm³/mol. The van der Waals surface area contributed by atoms with Crippen LogP contribution in [0.2, 0.25) is 0 Å². The highest BCUT2D eigenvalue weighted by Gasteiger charge is 2.47. The number of carbonyl (C=O) groups is 1. The molecule has 27 heavy (non-hydrogen) atoms. The Labute approximate surface area is 162 Å². The number of hydrogen-bond acceptors (Lipinski definition) is 2. The summed E-state index contributed by atoms with van der Waals surface area (Å²) in [6.45, 7) is 8.11. The van der Waals surface area contributed by atoms with E-state index in [1.54, 1.807) is 0 Å². The van der Waals surface area contributed by atoms with E-state index in [0.717, 1.165) is 33.5 Å². The molecular weight excluding hydrogens is 351 g/mol. The number of aryl methyl sites for hydroxylation is 3. The molecular formula is C24H26O2P+. The number of rotatable bonds is 5. The number of hydrogen-bond donors (Lipinski definition) is 0. The van der Waals surface area contributed by atoms with E-state index < -0.39 is 7.49 Å². The van der Waals surface area contributed by atoms with Crippen LogP contribution in [-0.2, 0) is 4.52 Å². The molecule has 0 N–H and O–H groups in total. The molecule has 0 aliphatic rings.